The van der Waals surface area contributed by atoms with Crippen LogP contribution < -0.4 is 15.4 Å². The molecule has 0 aliphatic carbocycles. The Morgan fingerprint density at radius 3 is 2.86 bits per heavy atom. The topological polar surface area (TPSA) is 68.2 Å². The summed E-state index contributed by atoms with van der Waals surface area (Å²) in [6.07, 6.45) is 3.20. The Bertz CT molecular complexity index is 609. The van der Waals surface area contributed by atoms with Gasteiger partial charge in [0, 0.05) is 13.2 Å². The molecule has 1 aromatic heterocycles. The predicted molar refractivity (Wildman–Crippen MR) is 81.5 cm³/mol. The molecule has 2 N–H and O–H groups in total. The zero-order valence-corrected chi connectivity index (χ0v) is 12.5. The van der Waals surface area contributed by atoms with E-state index in [9.17, 15) is 4.79 Å². The first kappa shape index (κ1) is 14.9. The number of hydrogen-bond donors (Lipinski definition) is 2. The maximum Gasteiger partial charge on any atom is 0.319 e. The van der Waals surface area contributed by atoms with Gasteiger partial charge in [-0.05, 0) is 25.5 Å². The fourth-order valence-corrected chi connectivity index (χ4v) is 1.84. The minimum absolute atomic E-state index is 0.120. The second-order valence-electron chi connectivity index (χ2n) is 4.93. The van der Waals surface area contributed by atoms with Crippen LogP contribution in [0, 0.1) is 6.92 Å². The van der Waals surface area contributed by atoms with Gasteiger partial charge in [-0.25, -0.2) is 4.79 Å². The van der Waals surface area contributed by atoms with Crippen LogP contribution in [0.4, 0.5) is 10.5 Å². The largest absolute Gasteiger partial charge is 0.489 e. The number of urea groups is 1. The van der Waals surface area contributed by atoms with Crippen molar-refractivity contribution < 1.29 is 9.53 Å². The van der Waals surface area contributed by atoms with Crippen molar-refractivity contribution in [3.63, 3.8) is 0 Å². The van der Waals surface area contributed by atoms with Gasteiger partial charge >= 0.3 is 6.03 Å². The van der Waals surface area contributed by atoms with Gasteiger partial charge in [-0.15, -0.1) is 0 Å². The number of nitrogens with zero attached hydrogens (tertiary/aromatic N) is 2. The monoisotopic (exact) mass is 288 g/mol. The molecule has 0 bridgehead atoms. The molecular formula is C15H20N4O2. The van der Waals surface area contributed by atoms with Crippen LogP contribution in [0.2, 0.25) is 0 Å². The number of anilines is 1. The average molecular weight is 288 g/mol. The first-order chi connectivity index (χ1) is 10.0. The van der Waals surface area contributed by atoms with Gasteiger partial charge in [-0.2, -0.15) is 5.10 Å². The van der Waals surface area contributed by atoms with Crippen molar-refractivity contribution in [2.45, 2.75) is 20.0 Å². The molecule has 0 aliphatic heterocycles. The van der Waals surface area contributed by atoms with Gasteiger partial charge in [0.25, 0.3) is 0 Å². The van der Waals surface area contributed by atoms with Crippen molar-refractivity contribution >= 4 is 11.7 Å². The van der Waals surface area contributed by atoms with Crippen LogP contribution in [-0.4, -0.2) is 28.5 Å². The molecule has 21 heavy (non-hydrogen) atoms. The Morgan fingerprint density at radius 1 is 1.43 bits per heavy atom. The molecule has 2 aromatic rings. The maximum absolute atomic E-state index is 11.7. The summed E-state index contributed by atoms with van der Waals surface area (Å²) in [6, 6.07) is 7.53. The van der Waals surface area contributed by atoms with Crippen LogP contribution >= 0.6 is 0 Å². The number of carbonyl (C=O) groups excluding carboxylic acids is 1. The number of aryl methyl sites for hydroxylation is 2. The lowest BCUT2D eigenvalue weighted by molar-refractivity contribution is 0.211. The van der Waals surface area contributed by atoms with Gasteiger partial charge in [-0.3, -0.25) is 4.68 Å². The minimum Gasteiger partial charge on any atom is -0.489 e. The zero-order chi connectivity index (χ0) is 15.2. The van der Waals surface area contributed by atoms with Crippen molar-refractivity contribution in [2.24, 2.45) is 7.05 Å². The predicted octanol–water partition coefficient (Wildman–Crippen LogP) is 2.32. The van der Waals surface area contributed by atoms with E-state index in [1.807, 2.05) is 38.1 Å². The van der Waals surface area contributed by atoms with Crippen molar-refractivity contribution in [3.05, 3.63) is 42.2 Å². The number of para-hydroxylation sites is 1. The van der Waals surface area contributed by atoms with Gasteiger partial charge in [0.1, 0.15) is 11.9 Å². The highest BCUT2D eigenvalue weighted by Crippen LogP contribution is 2.17. The van der Waals surface area contributed by atoms with E-state index in [4.69, 9.17) is 4.74 Å². The van der Waals surface area contributed by atoms with Crippen LogP contribution in [0.25, 0.3) is 0 Å². The SMILES string of the molecule is Cc1ccccc1O[C@@H](C)CNC(=O)Nc1cnn(C)c1. The highest BCUT2D eigenvalue weighted by Gasteiger charge is 2.08. The van der Waals surface area contributed by atoms with E-state index in [1.54, 1.807) is 24.1 Å². The number of nitrogens with one attached hydrogen (secondary N) is 2. The first-order valence-electron chi connectivity index (χ1n) is 6.80. The summed E-state index contributed by atoms with van der Waals surface area (Å²) < 4.78 is 7.42. The molecule has 0 aliphatic rings. The van der Waals surface area contributed by atoms with Crippen LogP contribution in [0.1, 0.15) is 12.5 Å². The van der Waals surface area contributed by atoms with E-state index >= 15 is 0 Å². The van der Waals surface area contributed by atoms with Crippen LogP contribution in [0.15, 0.2) is 36.7 Å². The number of ether oxygens (including phenoxy) is 1. The zero-order valence-electron chi connectivity index (χ0n) is 12.5. The van der Waals surface area contributed by atoms with Crippen LogP contribution in [0.3, 0.4) is 0 Å². The maximum atomic E-state index is 11.7. The molecule has 1 atom stereocenters. The molecular weight excluding hydrogens is 268 g/mol. The molecule has 0 unspecified atom stereocenters. The van der Waals surface area contributed by atoms with E-state index in [1.165, 1.54) is 0 Å². The third-order valence-corrected chi connectivity index (χ3v) is 2.93. The number of carbonyl (C=O) groups is 1. The Kier molecular flexibility index (Phi) is 4.81. The summed E-state index contributed by atoms with van der Waals surface area (Å²) in [5, 5.41) is 9.45. The molecule has 2 amide bonds. The number of aromatic nitrogens is 2. The molecule has 6 nitrogen and oxygen atoms in total. The quantitative estimate of drug-likeness (QED) is 0.887. The highest BCUT2D eigenvalue weighted by molar-refractivity contribution is 5.88. The third kappa shape index (κ3) is 4.52. The summed E-state index contributed by atoms with van der Waals surface area (Å²) in [5.41, 5.74) is 1.73. The Balaban J connectivity index is 1.77. The van der Waals surface area contributed by atoms with Crippen molar-refractivity contribution in [1.29, 1.82) is 0 Å². The smallest absolute Gasteiger partial charge is 0.319 e. The van der Waals surface area contributed by atoms with Crippen molar-refractivity contribution in [1.82, 2.24) is 15.1 Å². The fourth-order valence-electron chi connectivity index (χ4n) is 1.84. The first-order valence-corrected chi connectivity index (χ1v) is 6.80. The molecule has 0 spiro atoms. The summed E-state index contributed by atoms with van der Waals surface area (Å²) >= 11 is 0. The van der Waals surface area contributed by atoms with Gasteiger partial charge in [0.05, 0.1) is 18.4 Å². The van der Waals surface area contributed by atoms with Crippen LogP contribution in [-0.2, 0) is 7.05 Å². The molecule has 1 aromatic carbocycles. The molecule has 0 saturated heterocycles. The highest BCUT2D eigenvalue weighted by atomic mass is 16.5. The molecule has 6 heteroatoms. The lowest BCUT2D eigenvalue weighted by atomic mass is 10.2. The molecule has 0 fully saturated rings. The Labute approximate surface area is 124 Å². The van der Waals surface area contributed by atoms with E-state index in [0.717, 1.165) is 11.3 Å². The Hall–Kier alpha value is -2.50. The molecule has 1 heterocycles. The summed E-state index contributed by atoms with van der Waals surface area (Å²) in [4.78, 5) is 11.7. The van der Waals surface area contributed by atoms with Gasteiger partial charge in [0.15, 0.2) is 0 Å². The number of benzene rings is 1. The molecule has 0 saturated carbocycles. The second kappa shape index (κ2) is 6.78. The number of hydrogen-bond acceptors (Lipinski definition) is 3. The standard InChI is InChI=1S/C15H20N4O2/c1-11-6-4-5-7-14(11)21-12(2)8-16-15(20)18-13-9-17-19(3)10-13/h4-7,9-10,12H,8H2,1-3H3,(H2,16,18,20)/t12-/m0/s1. The molecule has 2 rings (SSSR count). The van der Waals surface area contributed by atoms with E-state index < -0.39 is 0 Å². The minimum atomic E-state index is -0.275. The van der Waals surface area contributed by atoms with E-state index in [2.05, 4.69) is 15.7 Å². The Morgan fingerprint density at radius 2 is 2.19 bits per heavy atom. The van der Waals surface area contributed by atoms with Crippen molar-refractivity contribution in [2.75, 3.05) is 11.9 Å². The lowest BCUT2D eigenvalue weighted by Crippen LogP contribution is -2.36. The molecule has 0 radical (unpaired) electrons. The number of rotatable bonds is 5. The van der Waals surface area contributed by atoms with Gasteiger partial charge < -0.3 is 15.4 Å². The normalized spacial score (nSPS) is 11.8. The summed E-state index contributed by atoms with van der Waals surface area (Å²) in [7, 11) is 1.79. The van der Waals surface area contributed by atoms with E-state index in [0.29, 0.717) is 12.2 Å². The van der Waals surface area contributed by atoms with Crippen LogP contribution in [0.5, 0.6) is 5.75 Å². The average Bonchev–Trinajstić information content (AvgIpc) is 2.84. The summed E-state index contributed by atoms with van der Waals surface area (Å²) in [6.45, 7) is 4.32. The van der Waals surface area contributed by atoms with Gasteiger partial charge in [-0.1, -0.05) is 18.2 Å². The molecule has 112 valence electrons. The lowest BCUT2D eigenvalue weighted by Gasteiger charge is -2.17. The fraction of sp³-hybridized carbons (Fsp3) is 0.333. The number of amides is 2. The van der Waals surface area contributed by atoms with Gasteiger partial charge in [0.2, 0.25) is 0 Å². The second-order valence-corrected chi connectivity index (χ2v) is 4.93. The van der Waals surface area contributed by atoms with E-state index in [-0.39, 0.29) is 12.1 Å². The summed E-state index contributed by atoms with van der Waals surface area (Å²) in [5.74, 6) is 0.833. The van der Waals surface area contributed by atoms with Crippen molar-refractivity contribution in [3.8, 4) is 5.75 Å². The third-order valence-electron chi connectivity index (χ3n) is 2.93.